The van der Waals surface area contributed by atoms with Crippen LogP contribution in [-0.4, -0.2) is 55.6 Å². The van der Waals surface area contributed by atoms with Crippen LogP contribution in [0.5, 0.6) is 0 Å². The molecule has 1 saturated carbocycles. The summed E-state index contributed by atoms with van der Waals surface area (Å²) in [6.07, 6.45) is 1.73. The minimum absolute atomic E-state index is 0.00492. The number of rotatable bonds is 5. The Labute approximate surface area is 159 Å². The third kappa shape index (κ3) is 4.84. The molecule has 2 aliphatic rings. The highest BCUT2D eigenvalue weighted by molar-refractivity contribution is 5.92. The van der Waals surface area contributed by atoms with E-state index in [0.29, 0.717) is 11.8 Å². The number of hydrogen-bond donors (Lipinski definition) is 2. The van der Waals surface area contributed by atoms with Crippen LogP contribution < -0.4 is 10.6 Å². The van der Waals surface area contributed by atoms with Gasteiger partial charge in [0, 0.05) is 27.1 Å². The molecule has 4 atom stereocenters. The van der Waals surface area contributed by atoms with Crippen LogP contribution in [0.4, 0.5) is 10.1 Å². The number of carbonyl (C=O) groups excluding carboxylic acids is 2. The maximum Gasteiger partial charge on any atom is 0.238 e. The van der Waals surface area contributed by atoms with E-state index >= 15 is 0 Å². The number of nitrogens with zero attached hydrogens (tertiary/aromatic N) is 1. The number of hydrogen-bond acceptors (Lipinski definition) is 4. The van der Waals surface area contributed by atoms with Crippen LogP contribution in [0.2, 0.25) is 0 Å². The number of halogens is 1. The van der Waals surface area contributed by atoms with Crippen LogP contribution in [-0.2, 0) is 14.3 Å². The molecule has 0 radical (unpaired) electrons. The molecule has 0 aromatic heterocycles. The molecule has 1 heterocycles. The molecule has 1 aromatic rings. The summed E-state index contributed by atoms with van der Waals surface area (Å²) in [6, 6.07) is 4.69. The van der Waals surface area contributed by atoms with Crippen LogP contribution in [0.3, 0.4) is 0 Å². The van der Waals surface area contributed by atoms with Crippen molar-refractivity contribution in [2.45, 2.75) is 38.8 Å². The summed E-state index contributed by atoms with van der Waals surface area (Å²) >= 11 is 0. The normalized spacial score (nSPS) is 27.9. The largest absolute Gasteiger partial charge is 0.379 e. The molecule has 3 rings (SSSR count). The first-order valence-electron chi connectivity index (χ1n) is 9.44. The van der Waals surface area contributed by atoms with Crippen molar-refractivity contribution < 1.29 is 18.7 Å². The lowest BCUT2D eigenvalue weighted by atomic mass is 9.77. The second-order valence-corrected chi connectivity index (χ2v) is 7.80. The van der Waals surface area contributed by atoms with E-state index < -0.39 is 5.82 Å². The van der Waals surface area contributed by atoms with Crippen molar-refractivity contribution in [1.82, 2.24) is 10.2 Å². The van der Waals surface area contributed by atoms with Gasteiger partial charge in [0.1, 0.15) is 5.82 Å². The first-order chi connectivity index (χ1) is 12.9. The monoisotopic (exact) mass is 377 g/mol. The van der Waals surface area contributed by atoms with Crippen molar-refractivity contribution in [3.63, 3.8) is 0 Å². The van der Waals surface area contributed by atoms with E-state index in [1.807, 2.05) is 6.92 Å². The highest BCUT2D eigenvalue weighted by atomic mass is 19.1. The van der Waals surface area contributed by atoms with Crippen molar-refractivity contribution in [1.29, 1.82) is 0 Å². The van der Waals surface area contributed by atoms with Crippen molar-refractivity contribution in [3.05, 3.63) is 29.6 Å². The van der Waals surface area contributed by atoms with Gasteiger partial charge < -0.3 is 15.4 Å². The van der Waals surface area contributed by atoms with Crippen LogP contribution >= 0.6 is 0 Å². The highest BCUT2D eigenvalue weighted by Gasteiger charge is 2.42. The smallest absolute Gasteiger partial charge is 0.238 e. The molecule has 7 heteroatoms. The molecule has 27 heavy (non-hydrogen) atoms. The fourth-order valence-electron chi connectivity index (χ4n) is 4.44. The SMILES string of the molecule is CO[C@@H]1C[C@H]2CN(CC(=O)Nc3cc(C)ccc3F)C[C@H]2C[C@H]1NC(C)=O. The van der Waals surface area contributed by atoms with Gasteiger partial charge in [0.2, 0.25) is 11.8 Å². The minimum Gasteiger partial charge on any atom is -0.379 e. The Kier molecular flexibility index (Phi) is 6.11. The van der Waals surface area contributed by atoms with Crippen molar-refractivity contribution in [2.75, 3.05) is 32.1 Å². The minimum atomic E-state index is -0.426. The third-order valence-electron chi connectivity index (χ3n) is 5.65. The van der Waals surface area contributed by atoms with E-state index in [2.05, 4.69) is 15.5 Å². The zero-order valence-electron chi connectivity index (χ0n) is 16.1. The molecule has 2 amide bonds. The molecule has 0 bridgehead atoms. The van der Waals surface area contributed by atoms with Gasteiger partial charge in [0.05, 0.1) is 24.4 Å². The van der Waals surface area contributed by atoms with Gasteiger partial charge in [-0.1, -0.05) is 6.07 Å². The summed E-state index contributed by atoms with van der Waals surface area (Å²) in [7, 11) is 1.68. The standard InChI is InChI=1S/C20H28FN3O3/c1-12-4-5-16(21)17(6-12)23-20(26)11-24-9-14-7-18(22-13(2)25)19(27-3)8-15(14)10-24/h4-6,14-15,18-19H,7-11H2,1-3H3,(H,22,25)(H,23,26)/t14-,15+,18-,19-/m1/s1. The van der Waals surface area contributed by atoms with Gasteiger partial charge in [-0.3, -0.25) is 14.5 Å². The Morgan fingerprint density at radius 2 is 1.96 bits per heavy atom. The second-order valence-electron chi connectivity index (χ2n) is 7.80. The molecule has 2 fully saturated rings. The predicted molar refractivity (Wildman–Crippen MR) is 101 cm³/mol. The molecule has 1 aliphatic heterocycles. The maximum atomic E-state index is 13.8. The van der Waals surface area contributed by atoms with E-state index in [1.54, 1.807) is 19.2 Å². The fraction of sp³-hybridized carbons (Fsp3) is 0.600. The quantitative estimate of drug-likeness (QED) is 0.823. The van der Waals surface area contributed by atoms with Gasteiger partial charge in [-0.15, -0.1) is 0 Å². The lowest BCUT2D eigenvalue weighted by Crippen LogP contribution is -2.49. The van der Waals surface area contributed by atoms with Gasteiger partial charge in [0.15, 0.2) is 0 Å². The number of aryl methyl sites for hydroxylation is 1. The van der Waals surface area contributed by atoms with Crippen molar-refractivity contribution >= 4 is 17.5 Å². The number of methoxy groups -OCH3 is 1. The summed E-state index contributed by atoms with van der Waals surface area (Å²) in [5, 5.41) is 5.67. The van der Waals surface area contributed by atoms with Gasteiger partial charge >= 0.3 is 0 Å². The second kappa shape index (κ2) is 8.35. The fourth-order valence-corrected chi connectivity index (χ4v) is 4.44. The number of carbonyl (C=O) groups is 2. The summed E-state index contributed by atoms with van der Waals surface area (Å²) in [6.45, 7) is 5.25. The Morgan fingerprint density at radius 1 is 1.26 bits per heavy atom. The van der Waals surface area contributed by atoms with E-state index in [4.69, 9.17) is 4.74 Å². The van der Waals surface area contributed by atoms with Gasteiger partial charge in [-0.25, -0.2) is 4.39 Å². The molecule has 1 aliphatic carbocycles. The van der Waals surface area contributed by atoms with Crippen LogP contribution in [0.25, 0.3) is 0 Å². The number of benzene rings is 1. The zero-order valence-corrected chi connectivity index (χ0v) is 16.1. The Morgan fingerprint density at radius 3 is 2.63 bits per heavy atom. The maximum absolute atomic E-state index is 13.8. The zero-order chi connectivity index (χ0) is 19.6. The molecule has 0 unspecified atom stereocenters. The number of nitrogens with one attached hydrogen (secondary N) is 2. The van der Waals surface area contributed by atoms with E-state index in [-0.39, 0.29) is 36.2 Å². The number of likely N-dealkylation sites (tertiary alicyclic amines) is 1. The Bertz CT molecular complexity index is 712. The van der Waals surface area contributed by atoms with Crippen LogP contribution in [0.1, 0.15) is 25.3 Å². The molecular weight excluding hydrogens is 349 g/mol. The lowest BCUT2D eigenvalue weighted by Gasteiger charge is -2.37. The number of anilines is 1. The van der Waals surface area contributed by atoms with E-state index in [0.717, 1.165) is 31.5 Å². The number of ether oxygens (including phenoxy) is 1. The number of fused-ring (bicyclic) bond motifs is 1. The highest BCUT2D eigenvalue weighted by Crippen LogP contribution is 2.37. The van der Waals surface area contributed by atoms with Gasteiger partial charge in [-0.2, -0.15) is 0 Å². The average molecular weight is 377 g/mol. The van der Waals surface area contributed by atoms with Gasteiger partial charge in [0.25, 0.3) is 0 Å². The molecule has 6 nitrogen and oxygen atoms in total. The summed E-state index contributed by atoms with van der Waals surface area (Å²) in [5.41, 5.74) is 1.12. The lowest BCUT2D eigenvalue weighted by molar-refractivity contribution is -0.121. The van der Waals surface area contributed by atoms with Gasteiger partial charge in [-0.05, 0) is 49.3 Å². The summed E-state index contributed by atoms with van der Waals surface area (Å²) in [5.74, 6) is 0.195. The molecule has 1 saturated heterocycles. The average Bonchev–Trinajstić information content (AvgIpc) is 2.97. The predicted octanol–water partition coefficient (Wildman–Crippen LogP) is 1.93. The first kappa shape index (κ1) is 19.8. The van der Waals surface area contributed by atoms with E-state index in [9.17, 15) is 14.0 Å². The summed E-state index contributed by atoms with van der Waals surface area (Å²) < 4.78 is 19.4. The molecular formula is C20H28FN3O3. The van der Waals surface area contributed by atoms with Crippen molar-refractivity contribution in [3.8, 4) is 0 Å². The van der Waals surface area contributed by atoms with Crippen LogP contribution in [0, 0.1) is 24.6 Å². The summed E-state index contributed by atoms with van der Waals surface area (Å²) in [4.78, 5) is 25.9. The molecule has 1 aromatic carbocycles. The third-order valence-corrected chi connectivity index (χ3v) is 5.65. The topological polar surface area (TPSA) is 70.7 Å². The Balaban J connectivity index is 1.57. The Hall–Kier alpha value is -1.99. The molecule has 148 valence electrons. The van der Waals surface area contributed by atoms with Crippen molar-refractivity contribution in [2.24, 2.45) is 11.8 Å². The van der Waals surface area contributed by atoms with Crippen LogP contribution in [0.15, 0.2) is 18.2 Å². The molecule has 2 N–H and O–H groups in total. The number of amides is 2. The van der Waals surface area contributed by atoms with E-state index in [1.165, 1.54) is 13.0 Å². The molecule has 0 spiro atoms. The first-order valence-corrected chi connectivity index (χ1v) is 9.44.